The van der Waals surface area contributed by atoms with E-state index in [0.717, 1.165) is 30.4 Å². The maximum Gasteiger partial charge on any atom is 0.155 e. The van der Waals surface area contributed by atoms with Gasteiger partial charge in [-0.25, -0.2) is 9.97 Å². The van der Waals surface area contributed by atoms with Crippen molar-refractivity contribution in [3.05, 3.63) is 22.7 Å². The molecule has 0 saturated heterocycles. The molecule has 1 saturated carbocycles. The summed E-state index contributed by atoms with van der Waals surface area (Å²) < 4.78 is 5.94. The zero-order valence-electron chi connectivity index (χ0n) is 11.3. The molecule has 2 unspecified atom stereocenters. The van der Waals surface area contributed by atoms with Gasteiger partial charge in [0, 0.05) is 5.69 Å². The molecule has 0 aliphatic heterocycles. The summed E-state index contributed by atoms with van der Waals surface area (Å²) in [5.74, 6) is 2.19. The first-order valence-electron chi connectivity index (χ1n) is 6.64. The molecule has 1 aliphatic carbocycles. The lowest BCUT2D eigenvalue weighted by atomic mass is 9.82. The van der Waals surface area contributed by atoms with Crippen molar-refractivity contribution in [1.82, 2.24) is 9.97 Å². The molecule has 0 radical (unpaired) electrons. The van der Waals surface area contributed by atoms with E-state index in [2.05, 4.69) is 23.8 Å². The highest BCUT2D eigenvalue weighted by Gasteiger charge is 2.24. The predicted octanol–water partition coefficient (Wildman–Crippen LogP) is 3.78. The van der Waals surface area contributed by atoms with E-state index in [4.69, 9.17) is 16.3 Å². The molecule has 100 valence electrons. The Morgan fingerprint density at radius 1 is 1.22 bits per heavy atom. The van der Waals surface area contributed by atoms with Gasteiger partial charge in [-0.15, -0.1) is 0 Å². The number of hydrogen-bond acceptors (Lipinski definition) is 3. The monoisotopic (exact) mass is 268 g/mol. The van der Waals surface area contributed by atoms with Crippen LogP contribution < -0.4 is 0 Å². The van der Waals surface area contributed by atoms with Crippen LogP contribution in [0.5, 0.6) is 0 Å². The summed E-state index contributed by atoms with van der Waals surface area (Å²) in [7, 11) is 0. The van der Waals surface area contributed by atoms with Crippen molar-refractivity contribution >= 4 is 11.6 Å². The van der Waals surface area contributed by atoms with Gasteiger partial charge in [0.2, 0.25) is 0 Å². The molecule has 0 aromatic carbocycles. The molecule has 3 nitrogen and oxygen atoms in total. The van der Waals surface area contributed by atoms with Crippen LogP contribution >= 0.6 is 11.6 Å². The quantitative estimate of drug-likeness (QED) is 0.783. The highest BCUT2D eigenvalue weighted by Crippen LogP contribution is 2.30. The number of aromatic nitrogens is 2. The highest BCUT2D eigenvalue weighted by molar-refractivity contribution is 6.29. The molecular formula is C14H21ClN2O. The smallest absolute Gasteiger partial charge is 0.155 e. The summed E-state index contributed by atoms with van der Waals surface area (Å²) in [5.41, 5.74) is 0.888. The van der Waals surface area contributed by atoms with Gasteiger partial charge in [-0.05, 0) is 44.1 Å². The third kappa shape index (κ3) is 3.92. The van der Waals surface area contributed by atoms with E-state index in [0.29, 0.717) is 23.7 Å². The molecule has 1 aliphatic rings. The molecule has 1 aromatic heterocycles. The molecule has 1 heterocycles. The van der Waals surface area contributed by atoms with E-state index in [1.807, 2.05) is 6.92 Å². The van der Waals surface area contributed by atoms with Crippen LogP contribution in [0.3, 0.4) is 0 Å². The van der Waals surface area contributed by atoms with Gasteiger partial charge in [-0.3, -0.25) is 0 Å². The molecule has 2 atom stereocenters. The first-order valence-corrected chi connectivity index (χ1v) is 7.02. The summed E-state index contributed by atoms with van der Waals surface area (Å²) in [4.78, 5) is 8.52. The van der Waals surface area contributed by atoms with Crippen LogP contribution in [-0.4, -0.2) is 16.1 Å². The normalized spacial score (nSPS) is 28.3. The van der Waals surface area contributed by atoms with Gasteiger partial charge in [-0.1, -0.05) is 25.4 Å². The first-order chi connectivity index (χ1) is 8.52. The van der Waals surface area contributed by atoms with Gasteiger partial charge in [-0.2, -0.15) is 0 Å². The van der Waals surface area contributed by atoms with Crippen molar-refractivity contribution in [3.63, 3.8) is 0 Å². The van der Waals surface area contributed by atoms with E-state index in [-0.39, 0.29) is 0 Å². The second kappa shape index (κ2) is 5.98. The van der Waals surface area contributed by atoms with Crippen LogP contribution in [0, 0.1) is 18.8 Å². The van der Waals surface area contributed by atoms with E-state index < -0.39 is 0 Å². The lowest BCUT2D eigenvalue weighted by Crippen LogP contribution is -2.26. The maximum atomic E-state index is 5.94. The lowest BCUT2D eigenvalue weighted by Gasteiger charge is -2.31. The Morgan fingerprint density at radius 2 is 1.89 bits per heavy atom. The van der Waals surface area contributed by atoms with Gasteiger partial charge in [0.25, 0.3) is 0 Å². The fraction of sp³-hybridized carbons (Fsp3) is 0.714. The number of aryl methyl sites for hydroxylation is 1. The van der Waals surface area contributed by atoms with Crippen LogP contribution in [-0.2, 0) is 11.3 Å². The largest absolute Gasteiger partial charge is 0.370 e. The van der Waals surface area contributed by atoms with Gasteiger partial charge in [0.05, 0.1) is 6.10 Å². The lowest BCUT2D eigenvalue weighted by molar-refractivity contribution is -0.0119. The SMILES string of the molecule is Cc1cc(Cl)nc(COC2CC(C)CC(C)C2)n1. The second-order valence-corrected chi connectivity index (χ2v) is 5.99. The standard InChI is InChI=1S/C14H21ClN2O/c1-9-4-10(2)6-12(5-9)18-8-14-16-11(3)7-13(15)17-14/h7,9-10,12H,4-6,8H2,1-3H3. The Morgan fingerprint density at radius 3 is 2.50 bits per heavy atom. The van der Waals surface area contributed by atoms with Crippen LogP contribution in [0.2, 0.25) is 5.15 Å². The highest BCUT2D eigenvalue weighted by atomic mass is 35.5. The summed E-state index contributed by atoms with van der Waals surface area (Å²) in [6.45, 7) is 6.98. The first kappa shape index (κ1) is 13.8. The van der Waals surface area contributed by atoms with Crippen LogP contribution in [0.4, 0.5) is 0 Å². The van der Waals surface area contributed by atoms with Crippen LogP contribution in [0.1, 0.15) is 44.6 Å². The minimum absolute atomic E-state index is 0.339. The number of halogens is 1. The Hall–Kier alpha value is -0.670. The molecule has 0 amide bonds. The van der Waals surface area contributed by atoms with Gasteiger partial charge >= 0.3 is 0 Å². The van der Waals surface area contributed by atoms with Crippen molar-refractivity contribution in [2.45, 2.75) is 52.7 Å². The summed E-state index contributed by atoms with van der Waals surface area (Å²) >= 11 is 5.91. The van der Waals surface area contributed by atoms with Gasteiger partial charge in [0.1, 0.15) is 11.8 Å². The van der Waals surface area contributed by atoms with E-state index in [9.17, 15) is 0 Å². The second-order valence-electron chi connectivity index (χ2n) is 5.60. The van der Waals surface area contributed by atoms with Crippen molar-refractivity contribution in [3.8, 4) is 0 Å². The molecule has 18 heavy (non-hydrogen) atoms. The number of nitrogens with zero attached hydrogens (tertiary/aromatic N) is 2. The summed E-state index contributed by atoms with van der Waals surface area (Å²) in [6, 6.07) is 1.76. The third-order valence-electron chi connectivity index (χ3n) is 3.45. The molecule has 1 fully saturated rings. The Bertz CT molecular complexity index is 381. The Kier molecular flexibility index (Phi) is 4.57. The minimum atomic E-state index is 0.339. The number of rotatable bonds is 3. The van der Waals surface area contributed by atoms with Crippen LogP contribution in [0.15, 0.2) is 6.07 Å². The van der Waals surface area contributed by atoms with Crippen molar-refractivity contribution in [2.75, 3.05) is 0 Å². The summed E-state index contributed by atoms with van der Waals surface area (Å²) in [6.07, 6.45) is 3.94. The van der Waals surface area contributed by atoms with Gasteiger partial charge in [0.15, 0.2) is 5.82 Å². The van der Waals surface area contributed by atoms with E-state index in [1.165, 1.54) is 6.42 Å². The zero-order valence-corrected chi connectivity index (χ0v) is 12.1. The van der Waals surface area contributed by atoms with E-state index >= 15 is 0 Å². The van der Waals surface area contributed by atoms with Gasteiger partial charge < -0.3 is 4.74 Å². The molecule has 2 rings (SSSR count). The maximum absolute atomic E-state index is 5.94. The van der Waals surface area contributed by atoms with Crippen molar-refractivity contribution < 1.29 is 4.74 Å². The zero-order chi connectivity index (χ0) is 13.1. The van der Waals surface area contributed by atoms with Crippen LogP contribution in [0.25, 0.3) is 0 Å². The molecule has 0 N–H and O–H groups in total. The molecule has 1 aromatic rings. The third-order valence-corrected chi connectivity index (χ3v) is 3.65. The summed E-state index contributed by atoms with van der Waals surface area (Å²) in [5, 5.41) is 0.492. The molecule has 4 heteroatoms. The minimum Gasteiger partial charge on any atom is -0.370 e. The predicted molar refractivity (Wildman–Crippen MR) is 72.5 cm³/mol. The molecular weight excluding hydrogens is 248 g/mol. The van der Waals surface area contributed by atoms with E-state index in [1.54, 1.807) is 6.07 Å². The van der Waals surface area contributed by atoms with Crippen molar-refractivity contribution in [2.24, 2.45) is 11.8 Å². The number of hydrogen-bond donors (Lipinski definition) is 0. The van der Waals surface area contributed by atoms with Crippen molar-refractivity contribution in [1.29, 1.82) is 0 Å². The molecule has 0 spiro atoms. The Balaban J connectivity index is 1.90. The fourth-order valence-electron chi connectivity index (χ4n) is 2.85. The average Bonchev–Trinajstić information content (AvgIpc) is 2.23. The number of ether oxygens (including phenoxy) is 1. The fourth-order valence-corrected chi connectivity index (χ4v) is 3.11. The topological polar surface area (TPSA) is 35.0 Å². The Labute approximate surface area is 114 Å². The molecule has 0 bridgehead atoms. The average molecular weight is 269 g/mol.